The molecule has 2 aromatic rings. The van der Waals surface area contributed by atoms with Crippen LogP contribution in [0.15, 0.2) is 54.6 Å². The topological polar surface area (TPSA) is 50.2 Å². The molecule has 3 heteroatoms. The van der Waals surface area contributed by atoms with Gasteiger partial charge in [-0.1, -0.05) is 36.4 Å². The monoisotopic (exact) mass is 225 g/mol. The van der Waals surface area contributed by atoms with E-state index in [4.69, 9.17) is 5.11 Å². The summed E-state index contributed by atoms with van der Waals surface area (Å²) in [6.07, 6.45) is 5.98. The Hall–Kier alpha value is -2.42. The number of fused-ring (bicyclic) bond motifs is 1. The number of aromatic nitrogens is 1. The quantitative estimate of drug-likeness (QED) is 0.645. The van der Waals surface area contributed by atoms with Crippen LogP contribution in [0.4, 0.5) is 0 Å². The standard InChI is InChI=1S/C14H11NO2/c16-14(17)8-4-2-6-12-10-9-11-5-1-3-7-13(11)15-12/h1-10H,(H,16,17). The van der Waals surface area contributed by atoms with Gasteiger partial charge in [0.05, 0.1) is 11.2 Å². The van der Waals surface area contributed by atoms with Crippen LogP contribution in [0.2, 0.25) is 0 Å². The van der Waals surface area contributed by atoms with Crippen molar-refractivity contribution in [1.82, 2.24) is 4.98 Å². The Balaban J connectivity index is 2.22. The highest BCUT2D eigenvalue weighted by molar-refractivity contribution is 5.81. The number of allylic oxidation sites excluding steroid dienone is 2. The van der Waals surface area contributed by atoms with Crippen molar-refractivity contribution in [2.45, 2.75) is 0 Å². The maximum atomic E-state index is 10.2. The number of carbonyl (C=O) groups is 1. The molecule has 3 nitrogen and oxygen atoms in total. The molecule has 1 aromatic heterocycles. The maximum Gasteiger partial charge on any atom is 0.328 e. The van der Waals surface area contributed by atoms with Gasteiger partial charge in [0.1, 0.15) is 0 Å². The van der Waals surface area contributed by atoms with Crippen molar-refractivity contribution in [2.75, 3.05) is 0 Å². The molecule has 0 aliphatic carbocycles. The number of hydrogen-bond acceptors (Lipinski definition) is 2. The highest BCUT2D eigenvalue weighted by Crippen LogP contribution is 2.12. The number of hydrogen-bond donors (Lipinski definition) is 1. The van der Waals surface area contributed by atoms with Crippen molar-refractivity contribution in [3.8, 4) is 0 Å². The summed E-state index contributed by atoms with van der Waals surface area (Å²) >= 11 is 0. The summed E-state index contributed by atoms with van der Waals surface area (Å²) in [4.78, 5) is 14.7. The zero-order valence-electron chi connectivity index (χ0n) is 9.08. The van der Waals surface area contributed by atoms with Gasteiger partial charge in [-0.15, -0.1) is 0 Å². The minimum absolute atomic E-state index is 0.804. The Kier molecular flexibility index (Phi) is 3.31. The van der Waals surface area contributed by atoms with E-state index in [1.54, 1.807) is 12.2 Å². The lowest BCUT2D eigenvalue weighted by Crippen LogP contribution is -1.84. The second kappa shape index (κ2) is 5.07. The van der Waals surface area contributed by atoms with E-state index in [9.17, 15) is 4.79 Å². The summed E-state index contributed by atoms with van der Waals surface area (Å²) in [6, 6.07) is 11.7. The van der Waals surface area contributed by atoms with E-state index in [1.807, 2.05) is 36.4 Å². The number of pyridine rings is 1. The second-order valence-electron chi connectivity index (χ2n) is 3.49. The number of para-hydroxylation sites is 1. The van der Waals surface area contributed by atoms with E-state index in [0.717, 1.165) is 22.7 Å². The van der Waals surface area contributed by atoms with Crippen LogP contribution in [0.5, 0.6) is 0 Å². The highest BCUT2D eigenvalue weighted by atomic mass is 16.4. The molecule has 0 fully saturated rings. The fourth-order valence-electron chi connectivity index (χ4n) is 1.47. The predicted molar refractivity (Wildman–Crippen MR) is 67.6 cm³/mol. The molecule has 0 saturated carbocycles. The molecule has 17 heavy (non-hydrogen) atoms. The lowest BCUT2D eigenvalue weighted by atomic mass is 10.2. The van der Waals surface area contributed by atoms with Gasteiger partial charge < -0.3 is 5.11 Å². The van der Waals surface area contributed by atoms with Gasteiger partial charge in [0, 0.05) is 11.5 Å². The molecular formula is C14H11NO2. The molecule has 1 N–H and O–H groups in total. The van der Waals surface area contributed by atoms with Crippen molar-refractivity contribution < 1.29 is 9.90 Å². The number of aliphatic carboxylic acids is 1. The summed E-state index contributed by atoms with van der Waals surface area (Å²) in [7, 11) is 0. The van der Waals surface area contributed by atoms with E-state index in [-0.39, 0.29) is 0 Å². The maximum absolute atomic E-state index is 10.2. The molecule has 0 saturated heterocycles. The van der Waals surface area contributed by atoms with E-state index in [1.165, 1.54) is 6.08 Å². The van der Waals surface area contributed by atoms with Crippen LogP contribution in [0.25, 0.3) is 17.0 Å². The molecule has 0 radical (unpaired) electrons. The fourth-order valence-corrected chi connectivity index (χ4v) is 1.47. The minimum Gasteiger partial charge on any atom is -0.478 e. The number of carboxylic acids is 1. The van der Waals surface area contributed by atoms with Crippen molar-refractivity contribution in [3.05, 3.63) is 60.3 Å². The lowest BCUT2D eigenvalue weighted by Gasteiger charge is -1.97. The SMILES string of the molecule is O=C(O)C=CC=Cc1ccc2ccccc2n1. The highest BCUT2D eigenvalue weighted by Gasteiger charge is 1.93. The molecule has 84 valence electrons. The molecule has 0 amide bonds. The van der Waals surface area contributed by atoms with Gasteiger partial charge in [0.25, 0.3) is 0 Å². The van der Waals surface area contributed by atoms with Gasteiger partial charge in [-0.25, -0.2) is 9.78 Å². The molecule has 2 rings (SSSR count). The Morgan fingerprint density at radius 3 is 2.76 bits per heavy atom. The first-order valence-electron chi connectivity index (χ1n) is 5.19. The molecule has 0 aliphatic heterocycles. The van der Waals surface area contributed by atoms with Crippen LogP contribution >= 0.6 is 0 Å². The Labute approximate surface area is 98.7 Å². The Morgan fingerprint density at radius 1 is 1.12 bits per heavy atom. The summed E-state index contributed by atoms with van der Waals surface area (Å²) in [5.74, 6) is -0.957. The Morgan fingerprint density at radius 2 is 1.94 bits per heavy atom. The van der Waals surface area contributed by atoms with Gasteiger partial charge in [0.2, 0.25) is 0 Å². The summed E-state index contributed by atoms with van der Waals surface area (Å²) < 4.78 is 0. The van der Waals surface area contributed by atoms with Crippen LogP contribution < -0.4 is 0 Å². The minimum atomic E-state index is -0.957. The van der Waals surface area contributed by atoms with Crippen LogP contribution in [-0.4, -0.2) is 16.1 Å². The molecule has 1 aromatic carbocycles. The van der Waals surface area contributed by atoms with Gasteiger partial charge in [0.15, 0.2) is 0 Å². The van der Waals surface area contributed by atoms with Crippen LogP contribution in [0, 0.1) is 0 Å². The summed E-state index contributed by atoms with van der Waals surface area (Å²) in [6.45, 7) is 0. The molecule has 0 bridgehead atoms. The average molecular weight is 225 g/mol. The van der Waals surface area contributed by atoms with Crippen molar-refractivity contribution in [1.29, 1.82) is 0 Å². The zero-order chi connectivity index (χ0) is 12.1. The first-order chi connectivity index (χ1) is 8.25. The van der Waals surface area contributed by atoms with E-state index < -0.39 is 5.97 Å². The van der Waals surface area contributed by atoms with Crippen molar-refractivity contribution >= 4 is 22.9 Å². The van der Waals surface area contributed by atoms with Crippen LogP contribution in [-0.2, 0) is 4.79 Å². The smallest absolute Gasteiger partial charge is 0.328 e. The van der Waals surface area contributed by atoms with Crippen LogP contribution in [0.3, 0.4) is 0 Å². The lowest BCUT2D eigenvalue weighted by molar-refractivity contribution is -0.131. The molecular weight excluding hydrogens is 214 g/mol. The Bertz CT molecular complexity index is 600. The first kappa shape index (κ1) is 11.1. The van der Waals surface area contributed by atoms with Gasteiger partial charge >= 0.3 is 5.97 Å². The number of benzene rings is 1. The molecule has 0 atom stereocenters. The third-order valence-electron chi connectivity index (χ3n) is 2.24. The van der Waals surface area contributed by atoms with Gasteiger partial charge in [-0.05, 0) is 18.2 Å². The zero-order valence-corrected chi connectivity index (χ0v) is 9.08. The van der Waals surface area contributed by atoms with Crippen molar-refractivity contribution in [3.63, 3.8) is 0 Å². The van der Waals surface area contributed by atoms with Gasteiger partial charge in [-0.2, -0.15) is 0 Å². The number of carboxylic acid groups (broad SMARTS) is 1. The summed E-state index contributed by atoms with van der Waals surface area (Å²) in [5.41, 5.74) is 1.73. The molecule has 0 unspecified atom stereocenters. The summed E-state index contributed by atoms with van der Waals surface area (Å²) in [5, 5.41) is 9.50. The van der Waals surface area contributed by atoms with E-state index >= 15 is 0 Å². The largest absolute Gasteiger partial charge is 0.478 e. The van der Waals surface area contributed by atoms with Crippen LogP contribution in [0.1, 0.15) is 5.69 Å². The van der Waals surface area contributed by atoms with E-state index in [0.29, 0.717) is 0 Å². The predicted octanol–water partition coefficient (Wildman–Crippen LogP) is 2.89. The second-order valence-corrected chi connectivity index (χ2v) is 3.49. The third-order valence-corrected chi connectivity index (χ3v) is 2.24. The van der Waals surface area contributed by atoms with E-state index in [2.05, 4.69) is 4.98 Å². The molecule has 1 heterocycles. The first-order valence-corrected chi connectivity index (χ1v) is 5.19. The molecule has 0 spiro atoms. The average Bonchev–Trinajstić information content (AvgIpc) is 2.34. The third kappa shape index (κ3) is 3.01. The normalized spacial score (nSPS) is 11.5. The number of rotatable bonds is 3. The fraction of sp³-hybridized carbons (Fsp3) is 0. The van der Waals surface area contributed by atoms with Crippen molar-refractivity contribution in [2.24, 2.45) is 0 Å². The van der Waals surface area contributed by atoms with Gasteiger partial charge in [-0.3, -0.25) is 0 Å². The number of nitrogens with zero attached hydrogens (tertiary/aromatic N) is 1. The molecule has 0 aliphatic rings.